The Morgan fingerprint density at radius 3 is 3.04 bits per heavy atom. The topological polar surface area (TPSA) is 73.9 Å². The van der Waals surface area contributed by atoms with Gasteiger partial charge in [-0.25, -0.2) is 4.98 Å². The van der Waals surface area contributed by atoms with E-state index in [-0.39, 0.29) is 5.91 Å². The quantitative estimate of drug-likeness (QED) is 0.742. The first-order valence-corrected chi connectivity index (χ1v) is 9.05. The maximum atomic E-state index is 12.3. The molecule has 1 fully saturated rings. The number of fused-ring (bicyclic) bond motifs is 1. The van der Waals surface area contributed by atoms with Crippen LogP contribution in [0.5, 0.6) is 0 Å². The molecule has 1 atom stereocenters. The number of carbonyl (C=O) groups excluding carboxylic acids is 1. The number of nitrogens with zero attached hydrogens (tertiary/aromatic N) is 3. The van der Waals surface area contributed by atoms with Crippen molar-refractivity contribution in [1.29, 1.82) is 0 Å². The summed E-state index contributed by atoms with van der Waals surface area (Å²) in [6.45, 7) is 5.41. The number of H-pyrrole nitrogens is 1. The second kappa shape index (κ2) is 7.25. The van der Waals surface area contributed by atoms with Gasteiger partial charge >= 0.3 is 0 Å². The van der Waals surface area contributed by atoms with Crippen LogP contribution in [0.15, 0.2) is 42.6 Å². The molecule has 0 unspecified atom stereocenters. The zero-order valence-electron chi connectivity index (χ0n) is 14.9. The molecule has 0 bridgehead atoms. The number of pyridine rings is 1. The molecule has 2 N–H and O–H groups in total. The van der Waals surface area contributed by atoms with Gasteiger partial charge in [-0.3, -0.25) is 14.7 Å². The van der Waals surface area contributed by atoms with Gasteiger partial charge in [0, 0.05) is 19.3 Å². The molecule has 1 amide bonds. The molecule has 3 heterocycles. The second-order valence-corrected chi connectivity index (χ2v) is 6.97. The SMILES string of the molecule is Cc1cccnc1C(=O)NC[C@H]1CCN(Cc2nc3ccccc3[nH]2)C1. The fourth-order valence-corrected chi connectivity index (χ4v) is 3.56. The molecule has 1 aliphatic heterocycles. The standard InChI is InChI=1S/C20H23N5O/c1-14-5-4-9-21-19(14)20(26)22-11-15-8-10-25(12-15)13-18-23-16-6-2-3-7-17(16)24-18/h2-7,9,15H,8,10-13H2,1H3,(H,22,26)(H,23,24)/t15-/m1/s1. The van der Waals surface area contributed by atoms with Crippen molar-refractivity contribution in [2.75, 3.05) is 19.6 Å². The number of carbonyl (C=O) groups is 1. The fraction of sp³-hybridized carbons (Fsp3) is 0.350. The summed E-state index contributed by atoms with van der Waals surface area (Å²) in [5.41, 5.74) is 3.51. The Bertz CT molecular complexity index is 886. The number of likely N-dealkylation sites (tertiary alicyclic amines) is 1. The maximum absolute atomic E-state index is 12.3. The number of hydrogen-bond donors (Lipinski definition) is 2. The van der Waals surface area contributed by atoms with Crippen molar-refractivity contribution in [2.45, 2.75) is 19.9 Å². The lowest BCUT2D eigenvalue weighted by molar-refractivity contribution is 0.0941. The van der Waals surface area contributed by atoms with Crippen LogP contribution in [0, 0.1) is 12.8 Å². The van der Waals surface area contributed by atoms with Gasteiger partial charge in [0.15, 0.2) is 0 Å². The van der Waals surface area contributed by atoms with Gasteiger partial charge < -0.3 is 10.3 Å². The number of para-hydroxylation sites is 2. The van der Waals surface area contributed by atoms with Crippen LogP contribution in [0.3, 0.4) is 0 Å². The lowest BCUT2D eigenvalue weighted by Crippen LogP contribution is -2.31. The Labute approximate surface area is 152 Å². The first-order chi connectivity index (χ1) is 12.7. The smallest absolute Gasteiger partial charge is 0.270 e. The van der Waals surface area contributed by atoms with Gasteiger partial charge in [-0.2, -0.15) is 0 Å². The fourth-order valence-electron chi connectivity index (χ4n) is 3.56. The van der Waals surface area contributed by atoms with E-state index in [1.165, 1.54) is 0 Å². The average molecular weight is 349 g/mol. The maximum Gasteiger partial charge on any atom is 0.270 e. The number of hydrogen-bond acceptors (Lipinski definition) is 4. The van der Waals surface area contributed by atoms with Crippen molar-refractivity contribution < 1.29 is 4.79 Å². The lowest BCUT2D eigenvalue weighted by atomic mass is 10.1. The summed E-state index contributed by atoms with van der Waals surface area (Å²) in [5.74, 6) is 1.38. The predicted molar refractivity (Wildman–Crippen MR) is 101 cm³/mol. The van der Waals surface area contributed by atoms with Crippen LogP contribution in [-0.4, -0.2) is 45.4 Å². The van der Waals surface area contributed by atoms with E-state index in [0.717, 1.165) is 48.5 Å². The lowest BCUT2D eigenvalue weighted by Gasteiger charge is -2.15. The summed E-state index contributed by atoms with van der Waals surface area (Å²) in [7, 11) is 0. The third kappa shape index (κ3) is 3.60. The van der Waals surface area contributed by atoms with Gasteiger partial charge in [-0.15, -0.1) is 0 Å². The molecule has 1 saturated heterocycles. The Morgan fingerprint density at radius 2 is 2.19 bits per heavy atom. The minimum absolute atomic E-state index is 0.0844. The summed E-state index contributed by atoms with van der Waals surface area (Å²) in [5, 5.41) is 3.04. The van der Waals surface area contributed by atoms with E-state index in [2.05, 4.69) is 25.2 Å². The average Bonchev–Trinajstić information content (AvgIpc) is 3.26. The van der Waals surface area contributed by atoms with Gasteiger partial charge in [0.05, 0.1) is 17.6 Å². The summed E-state index contributed by atoms with van der Waals surface area (Å²) in [6.07, 6.45) is 2.74. The van der Waals surface area contributed by atoms with Crippen LogP contribution < -0.4 is 5.32 Å². The number of benzene rings is 1. The van der Waals surface area contributed by atoms with Crippen molar-refractivity contribution in [3.8, 4) is 0 Å². The molecule has 1 aliphatic rings. The molecule has 134 valence electrons. The van der Waals surface area contributed by atoms with Gasteiger partial charge in [-0.05, 0) is 49.6 Å². The zero-order valence-corrected chi connectivity index (χ0v) is 14.9. The van der Waals surface area contributed by atoms with E-state index in [4.69, 9.17) is 0 Å². The summed E-state index contributed by atoms with van der Waals surface area (Å²) in [6, 6.07) is 11.9. The van der Waals surface area contributed by atoms with Gasteiger partial charge in [0.2, 0.25) is 0 Å². The molecule has 6 nitrogen and oxygen atoms in total. The molecular weight excluding hydrogens is 326 g/mol. The molecule has 4 rings (SSSR count). The Hall–Kier alpha value is -2.73. The normalized spacial score (nSPS) is 17.7. The summed E-state index contributed by atoms with van der Waals surface area (Å²) < 4.78 is 0. The van der Waals surface area contributed by atoms with Gasteiger partial charge in [-0.1, -0.05) is 18.2 Å². The summed E-state index contributed by atoms with van der Waals surface area (Å²) in [4.78, 5) is 26.9. The third-order valence-corrected chi connectivity index (χ3v) is 4.96. The number of aryl methyl sites for hydroxylation is 1. The molecule has 0 saturated carbocycles. The van der Waals surface area contributed by atoms with Crippen LogP contribution in [0.1, 0.15) is 28.3 Å². The van der Waals surface area contributed by atoms with E-state index in [9.17, 15) is 4.79 Å². The number of imidazole rings is 1. The minimum atomic E-state index is -0.0844. The Kier molecular flexibility index (Phi) is 4.67. The van der Waals surface area contributed by atoms with Crippen LogP contribution in [0.25, 0.3) is 11.0 Å². The van der Waals surface area contributed by atoms with Crippen LogP contribution in [0.4, 0.5) is 0 Å². The molecule has 1 aromatic carbocycles. The Morgan fingerprint density at radius 1 is 1.31 bits per heavy atom. The van der Waals surface area contributed by atoms with Crippen LogP contribution in [0.2, 0.25) is 0 Å². The first kappa shape index (κ1) is 16.7. The summed E-state index contributed by atoms with van der Waals surface area (Å²) >= 11 is 0. The van der Waals surface area contributed by atoms with E-state index >= 15 is 0 Å². The van der Waals surface area contributed by atoms with E-state index in [0.29, 0.717) is 18.2 Å². The molecule has 0 radical (unpaired) electrons. The Balaban J connectivity index is 1.30. The largest absolute Gasteiger partial charge is 0.350 e. The highest BCUT2D eigenvalue weighted by Crippen LogP contribution is 2.19. The second-order valence-electron chi connectivity index (χ2n) is 6.97. The number of amides is 1. The zero-order chi connectivity index (χ0) is 17.9. The number of aromatic nitrogens is 3. The van der Waals surface area contributed by atoms with Crippen molar-refractivity contribution in [3.05, 3.63) is 59.7 Å². The molecular formula is C20H23N5O. The van der Waals surface area contributed by atoms with Crippen LogP contribution >= 0.6 is 0 Å². The molecule has 0 aliphatic carbocycles. The molecule has 3 aromatic rings. The predicted octanol–water partition coefficient (Wildman–Crippen LogP) is 2.52. The number of rotatable bonds is 5. The van der Waals surface area contributed by atoms with Crippen LogP contribution in [-0.2, 0) is 6.54 Å². The first-order valence-electron chi connectivity index (χ1n) is 9.05. The molecule has 2 aromatic heterocycles. The third-order valence-electron chi connectivity index (χ3n) is 4.96. The van der Waals surface area contributed by atoms with E-state index in [1.54, 1.807) is 6.20 Å². The van der Waals surface area contributed by atoms with E-state index in [1.807, 2.05) is 43.3 Å². The van der Waals surface area contributed by atoms with Gasteiger partial charge in [0.1, 0.15) is 11.5 Å². The monoisotopic (exact) mass is 349 g/mol. The molecule has 26 heavy (non-hydrogen) atoms. The van der Waals surface area contributed by atoms with Crippen molar-refractivity contribution >= 4 is 16.9 Å². The van der Waals surface area contributed by atoms with Gasteiger partial charge in [0.25, 0.3) is 5.91 Å². The number of nitrogens with one attached hydrogen (secondary N) is 2. The molecule has 0 spiro atoms. The van der Waals surface area contributed by atoms with E-state index < -0.39 is 0 Å². The molecule has 6 heteroatoms. The number of aromatic amines is 1. The minimum Gasteiger partial charge on any atom is -0.350 e. The van der Waals surface area contributed by atoms with Crippen molar-refractivity contribution in [2.24, 2.45) is 5.92 Å². The highest BCUT2D eigenvalue weighted by atomic mass is 16.1. The highest BCUT2D eigenvalue weighted by molar-refractivity contribution is 5.93. The highest BCUT2D eigenvalue weighted by Gasteiger charge is 2.24. The van der Waals surface area contributed by atoms with Crippen molar-refractivity contribution in [3.63, 3.8) is 0 Å². The van der Waals surface area contributed by atoms with Crippen molar-refractivity contribution in [1.82, 2.24) is 25.2 Å².